The van der Waals surface area contributed by atoms with Crippen LogP contribution >= 0.6 is 0 Å². The SMILES string of the molecule is N#CCCN(CC(=O)Nc1ccc2c(c1)OCCCO2)Cc1ccco1. The number of anilines is 1. The predicted molar refractivity (Wildman–Crippen MR) is 94.9 cm³/mol. The molecule has 7 nitrogen and oxygen atoms in total. The van der Waals surface area contributed by atoms with Crippen LogP contribution in [0.4, 0.5) is 5.69 Å². The quantitative estimate of drug-likeness (QED) is 0.822. The van der Waals surface area contributed by atoms with E-state index in [9.17, 15) is 4.79 Å². The maximum atomic E-state index is 12.4. The van der Waals surface area contributed by atoms with Gasteiger partial charge in [0, 0.05) is 31.1 Å². The van der Waals surface area contributed by atoms with E-state index in [0.29, 0.717) is 49.9 Å². The van der Waals surface area contributed by atoms with Crippen molar-refractivity contribution in [3.63, 3.8) is 0 Å². The van der Waals surface area contributed by atoms with Gasteiger partial charge in [-0.1, -0.05) is 0 Å². The molecule has 0 atom stereocenters. The molecule has 136 valence electrons. The van der Waals surface area contributed by atoms with Crippen LogP contribution in [0.2, 0.25) is 0 Å². The van der Waals surface area contributed by atoms with Gasteiger partial charge in [0.15, 0.2) is 11.5 Å². The molecule has 7 heteroatoms. The van der Waals surface area contributed by atoms with E-state index < -0.39 is 0 Å². The van der Waals surface area contributed by atoms with Crippen molar-refractivity contribution in [2.24, 2.45) is 0 Å². The molecule has 0 radical (unpaired) electrons. The summed E-state index contributed by atoms with van der Waals surface area (Å²) in [6.45, 7) is 2.35. The number of rotatable bonds is 7. The Kier molecular flexibility index (Phi) is 6.12. The highest BCUT2D eigenvalue weighted by molar-refractivity contribution is 5.92. The lowest BCUT2D eigenvalue weighted by molar-refractivity contribution is -0.117. The molecule has 0 saturated heterocycles. The highest BCUT2D eigenvalue weighted by Gasteiger charge is 2.15. The number of nitriles is 1. The molecule has 26 heavy (non-hydrogen) atoms. The van der Waals surface area contributed by atoms with Crippen LogP contribution in [0.5, 0.6) is 11.5 Å². The number of hydrogen-bond acceptors (Lipinski definition) is 6. The van der Waals surface area contributed by atoms with Crippen molar-refractivity contribution in [2.75, 3.05) is 31.6 Å². The largest absolute Gasteiger partial charge is 0.490 e. The summed E-state index contributed by atoms with van der Waals surface area (Å²) >= 11 is 0. The van der Waals surface area contributed by atoms with E-state index in [1.54, 1.807) is 30.5 Å². The summed E-state index contributed by atoms with van der Waals surface area (Å²) in [6, 6.07) is 11.1. The average Bonchev–Trinajstić information content (AvgIpc) is 3.02. The van der Waals surface area contributed by atoms with Gasteiger partial charge < -0.3 is 19.2 Å². The van der Waals surface area contributed by atoms with Crippen LogP contribution in [-0.2, 0) is 11.3 Å². The van der Waals surface area contributed by atoms with E-state index >= 15 is 0 Å². The van der Waals surface area contributed by atoms with Crippen molar-refractivity contribution in [1.82, 2.24) is 4.90 Å². The number of carbonyl (C=O) groups is 1. The molecule has 0 unspecified atom stereocenters. The molecule has 3 rings (SSSR count). The number of amides is 1. The molecule has 0 bridgehead atoms. The zero-order chi connectivity index (χ0) is 18.2. The number of nitrogens with one attached hydrogen (secondary N) is 1. The fourth-order valence-corrected chi connectivity index (χ4v) is 2.69. The lowest BCUT2D eigenvalue weighted by atomic mass is 10.2. The third-order valence-corrected chi connectivity index (χ3v) is 3.90. The summed E-state index contributed by atoms with van der Waals surface area (Å²) in [4.78, 5) is 14.3. The Balaban J connectivity index is 1.60. The van der Waals surface area contributed by atoms with E-state index in [1.165, 1.54) is 0 Å². The molecule has 1 aromatic heterocycles. The van der Waals surface area contributed by atoms with Crippen LogP contribution in [0.25, 0.3) is 0 Å². The molecule has 2 heterocycles. The number of furan rings is 1. The zero-order valence-corrected chi connectivity index (χ0v) is 14.4. The summed E-state index contributed by atoms with van der Waals surface area (Å²) in [6.07, 6.45) is 2.77. The Bertz CT molecular complexity index is 768. The van der Waals surface area contributed by atoms with Gasteiger partial charge in [0.2, 0.25) is 5.91 Å². The molecule has 2 aromatic rings. The molecular weight excluding hydrogens is 334 g/mol. The second-order valence-electron chi connectivity index (χ2n) is 5.96. The number of hydrogen-bond donors (Lipinski definition) is 1. The molecule has 0 fully saturated rings. The Hall–Kier alpha value is -2.98. The van der Waals surface area contributed by atoms with Crippen molar-refractivity contribution in [3.05, 3.63) is 42.4 Å². The number of ether oxygens (including phenoxy) is 2. The summed E-state index contributed by atoms with van der Waals surface area (Å²) in [5.74, 6) is 1.92. The predicted octanol–water partition coefficient (Wildman–Crippen LogP) is 2.80. The van der Waals surface area contributed by atoms with Crippen molar-refractivity contribution < 1.29 is 18.7 Å². The minimum atomic E-state index is -0.163. The van der Waals surface area contributed by atoms with Gasteiger partial charge in [-0.3, -0.25) is 9.69 Å². The number of benzene rings is 1. The minimum Gasteiger partial charge on any atom is -0.490 e. The third-order valence-electron chi connectivity index (χ3n) is 3.90. The number of carbonyl (C=O) groups excluding carboxylic acids is 1. The monoisotopic (exact) mass is 355 g/mol. The van der Waals surface area contributed by atoms with E-state index in [1.807, 2.05) is 11.0 Å². The molecule has 1 amide bonds. The van der Waals surface area contributed by atoms with Gasteiger partial charge in [-0.05, 0) is 24.3 Å². The smallest absolute Gasteiger partial charge is 0.238 e. The molecule has 0 aliphatic carbocycles. The van der Waals surface area contributed by atoms with E-state index in [-0.39, 0.29) is 12.5 Å². The van der Waals surface area contributed by atoms with Crippen LogP contribution < -0.4 is 14.8 Å². The van der Waals surface area contributed by atoms with E-state index in [0.717, 1.165) is 12.2 Å². The summed E-state index contributed by atoms with van der Waals surface area (Å²) in [5.41, 5.74) is 0.650. The van der Waals surface area contributed by atoms with Crippen LogP contribution in [0.3, 0.4) is 0 Å². The lowest BCUT2D eigenvalue weighted by Gasteiger charge is -2.19. The second-order valence-corrected chi connectivity index (χ2v) is 5.96. The second kappa shape index (κ2) is 8.92. The molecule has 0 spiro atoms. The molecule has 1 aliphatic heterocycles. The average molecular weight is 355 g/mol. The Morgan fingerprint density at radius 1 is 1.23 bits per heavy atom. The summed E-state index contributed by atoms with van der Waals surface area (Å²) in [5, 5.41) is 11.7. The van der Waals surface area contributed by atoms with Crippen molar-refractivity contribution in [1.29, 1.82) is 5.26 Å². The molecule has 1 aromatic carbocycles. The van der Waals surface area contributed by atoms with Gasteiger partial charge in [0.05, 0.1) is 38.6 Å². The number of fused-ring (bicyclic) bond motifs is 1. The van der Waals surface area contributed by atoms with Gasteiger partial charge in [-0.2, -0.15) is 5.26 Å². The maximum Gasteiger partial charge on any atom is 0.238 e. The van der Waals surface area contributed by atoms with Gasteiger partial charge in [-0.25, -0.2) is 0 Å². The van der Waals surface area contributed by atoms with Gasteiger partial charge in [-0.15, -0.1) is 0 Å². The van der Waals surface area contributed by atoms with Crippen molar-refractivity contribution in [3.8, 4) is 17.6 Å². The topological polar surface area (TPSA) is 87.7 Å². The molecular formula is C19H21N3O4. The first-order valence-electron chi connectivity index (χ1n) is 8.56. The zero-order valence-electron chi connectivity index (χ0n) is 14.4. The Labute approximate surface area is 152 Å². The van der Waals surface area contributed by atoms with E-state index in [2.05, 4.69) is 11.4 Å². The van der Waals surface area contributed by atoms with Crippen molar-refractivity contribution >= 4 is 11.6 Å². The summed E-state index contributed by atoms with van der Waals surface area (Å²) in [7, 11) is 0. The van der Waals surface area contributed by atoms with Crippen LogP contribution in [-0.4, -0.2) is 37.1 Å². The lowest BCUT2D eigenvalue weighted by Crippen LogP contribution is -2.33. The van der Waals surface area contributed by atoms with Gasteiger partial charge in [0.1, 0.15) is 5.76 Å². The van der Waals surface area contributed by atoms with Gasteiger partial charge in [0.25, 0.3) is 0 Å². The highest BCUT2D eigenvalue weighted by Crippen LogP contribution is 2.32. The molecule has 1 aliphatic rings. The highest BCUT2D eigenvalue weighted by atomic mass is 16.5. The first-order chi connectivity index (χ1) is 12.7. The van der Waals surface area contributed by atoms with Gasteiger partial charge >= 0.3 is 0 Å². The molecule has 1 N–H and O–H groups in total. The Morgan fingerprint density at radius 3 is 2.85 bits per heavy atom. The minimum absolute atomic E-state index is 0.163. The first-order valence-corrected chi connectivity index (χ1v) is 8.56. The van der Waals surface area contributed by atoms with Crippen LogP contribution in [0.1, 0.15) is 18.6 Å². The fraction of sp³-hybridized carbons (Fsp3) is 0.368. The first kappa shape index (κ1) is 17.8. The summed E-state index contributed by atoms with van der Waals surface area (Å²) < 4.78 is 16.6. The molecule has 0 saturated carbocycles. The maximum absolute atomic E-state index is 12.4. The van der Waals surface area contributed by atoms with Crippen molar-refractivity contribution in [2.45, 2.75) is 19.4 Å². The van der Waals surface area contributed by atoms with Crippen LogP contribution in [0, 0.1) is 11.3 Å². The van der Waals surface area contributed by atoms with Crippen LogP contribution in [0.15, 0.2) is 41.0 Å². The number of nitrogens with zero attached hydrogens (tertiary/aromatic N) is 2. The standard InChI is InChI=1S/C19H21N3O4/c20-7-2-8-22(13-16-4-1-9-24-16)14-19(23)21-15-5-6-17-18(12-15)26-11-3-10-25-17/h1,4-6,9,12H,2-3,8,10-11,13-14H2,(H,21,23). The Morgan fingerprint density at radius 2 is 2.08 bits per heavy atom. The van der Waals surface area contributed by atoms with E-state index in [4.69, 9.17) is 19.2 Å². The normalized spacial score (nSPS) is 13.1. The fourth-order valence-electron chi connectivity index (χ4n) is 2.69. The third kappa shape index (κ3) is 5.01.